The molecule has 2 N–H and O–H groups in total. The van der Waals surface area contributed by atoms with Crippen LogP contribution >= 0.6 is 23.2 Å². The number of piperidine rings is 1. The fourth-order valence-electron chi connectivity index (χ4n) is 2.51. The molecule has 0 aromatic heterocycles. The molecule has 0 bridgehead atoms. The summed E-state index contributed by atoms with van der Waals surface area (Å²) in [7, 11) is 0. The van der Waals surface area contributed by atoms with Crippen molar-refractivity contribution in [2.24, 2.45) is 5.41 Å². The third-order valence-electron chi connectivity index (χ3n) is 4.02. The number of amides is 1. The molecule has 0 saturated carbocycles. The molecule has 1 aromatic rings. The molecule has 4 nitrogen and oxygen atoms in total. The number of rotatable bonds is 5. The first-order chi connectivity index (χ1) is 10.4. The molecule has 1 heterocycles. The number of hydrogen-bond donors (Lipinski definition) is 2. The Bertz CT molecular complexity index is 511. The van der Waals surface area contributed by atoms with E-state index in [9.17, 15) is 4.79 Å². The third kappa shape index (κ3) is 5.04. The SMILES string of the molecule is CC(Oc1cc(Cl)cc(Cl)c1)C(=O)NCC1(C)CCNCC1. The minimum atomic E-state index is -0.597. The van der Waals surface area contributed by atoms with Crippen LogP contribution in [0, 0.1) is 5.41 Å². The topological polar surface area (TPSA) is 50.4 Å². The van der Waals surface area contributed by atoms with E-state index in [4.69, 9.17) is 27.9 Å². The number of nitrogens with one attached hydrogen (secondary N) is 2. The normalized spacial score (nSPS) is 18.5. The van der Waals surface area contributed by atoms with Crippen LogP contribution in [0.25, 0.3) is 0 Å². The van der Waals surface area contributed by atoms with Gasteiger partial charge in [0, 0.05) is 16.6 Å². The second-order valence-electron chi connectivity index (χ2n) is 6.14. The lowest BCUT2D eigenvalue weighted by Crippen LogP contribution is -2.45. The van der Waals surface area contributed by atoms with Gasteiger partial charge in [-0.05, 0) is 56.5 Å². The van der Waals surface area contributed by atoms with Gasteiger partial charge in [-0.25, -0.2) is 0 Å². The van der Waals surface area contributed by atoms with Gasteiger partial charge in [-0.15, -0.1) is 0 Å². The number of ether oxygens (including phenoxy) is 1. The molecule has 0 radical (unpaired) electrons. The molecule has 122 valence electrons. The summed E-state index contributed by atoms with van der Waals surface area (Å²) in [5.41, 5.74) is 0.153. The van der Waals surface area contributed by atoms with Gasteiger partial charge >= 0.3 is 0 Å². The molecule has 2 rings (SSSR count). The minimum Gasteiger partial charge on any atom is -0.481 e. The summed E-state index contributed by atoms with van der Waals surface area (Å²) in [6.07, 6.45) is 1.53. The van der Waals surface area contributed by atoms with Crippen molar-refractivity contribution in [3.05, 3.63) is 28.2 Å². The van der Waals surface area contributed by atoms with Crippen LogP contribution in [0.15, 0.2) is 18.2 Å². The van der Waals surface area contributed by atoms with E-state index >= 15 is 0 Å². The fraction of sp³-hybridized carbons (Fsp3) is 0.562. The second-order valence-corrected chi connectivity index (χ2v) is 7.02. The van der Waals surface area contributed by atoms with E-state index in [2.05, 4.69) is 17.6 Å². The van der Waals surface area contributed by atoms with Crippen molar-refractivity contribution in [3.63, 3.8) is 0 Å². The predicted octanol–water partition coefficient (Wildman–Crippen LogP) is 3.27. The van der Waals surface area contributed by atoms with Crippen LogP contribution in [-0.2, 0) is 4.79 Å². The first-order valence-electron chi connectivity index (χ1n) is 7.49. The highest BCUT2D eigenvalue weighted by atomic mass is 35.5. The Hall–Kier alpha value is -0.970. The number of hydrogen-bond acceptors (Lipinski definition) is 3. The predicted molar refractivity (Wildman–Crippen MR) is 89.8 cm³/mol. The van der Waals surface area contributed by atoms with Gasteiger partial charge in [-0.1, -0.05) is 30.1 Å². The molecule has 0 spiro atoms. The van der Waals surface area contributed by atoms with Crippen molar-refractivity contribution in [2.45, 2.75) is 32.8 Å². The standard InChI is InChI=1S/C16H22Cl2N2O2/c1-11(22-14-8-12(17)7-13(18)9-14)15(21)20-10-16(2)3-5-19-6-4-16/h7-9,11,19H,3-6,10H2,1-2H3,(H,20,21). The zero-order valence-corrected chi connectivity index (χ0v) is 14.4. The van der Waals surface area contributed by atoms with Crippen LogP contribution in [0.3, 0.4) is 0 Å². The first kappa shape index (κ1) is 17.4. The monoisotopic (exact) mass is 344 g/mol. The summed E-state index contributed by atoms with van der Waals surface area (Å²) < 4.78 is 5.62. The zero-order chi connectivity index (χ0) is 16.2. The molecule has 6 heteroatoms. The summed E-state index contributed by atoms with van der Waals surface area (Å²) in [6.45, 7) is 6.58. The first-order valence-corrected chi connectivity index (χ1v) is 8.25. The van der Waals surface area contributed by atoms with Gasteiger partial charge in [-0.2, -0.15) is 0 Å². The average Bonchev–Trinajstić information content (AvgIpc) is 2.44. The van der Waals surface area contributed by atoms with E-state index in [1.807, 2.05) is 0 Å². The Kier molecular flexibility index (Phi) is 5.95. The van der Waals surface area contributed by atoms with Gasteiger partial charge in [0.2, 0.25) is 0 Å². The van der Waals surface area contributed by atoms with Crippen LogP contribution < -0.4 is 15.4 Å². The van der Waals surface area contributed by atoms with Crippen molar-refractivity contribution in [1.29, 1.82) is 0 Å². The summed E-state index contributed by atoms with van der Waals surface area (Å²) in [4.78, 5) is 12.2. The molecule has 1 aromatic carbocycles. The Morgan fingerprint density at radius 2 is 1.91 bits per heavy atom. The number of carbonyl (C=O) groups excluding carboxylic acids is 1. The van der Waals surface area contributed by atoms with E-state index in [-0.39, 0.29) is 11.3 Å². The van der Waals surface area contributed by atoms with Gasteiger partial charge in [0.15, 0.2) is 6.10 Å². The summed E-state index contributed by atoms with van der Waals surface area (Å²) in [5.74, 6) is 0.365. The fourth-order valence-corrected chi connectivity index (χ4v) is 3.01. The average molecular weight is 345 g/mol. The van der Waals surface area contributed by atoms with Crippen LogP contribution in [0.5, 0.6) is 5.75 Å². The third-order valence-corrected chi connectivity index (χ3v) is 4.45. The van der Waals surface area contributed by atoms with Gasteiger partial charge in [0.25, 0.3) is 5.91 Å². The lowest BCUT2D eigenvalue weighted by Gasteiger charge is -2.34. The molecule has 1 amide bonds. The van der Waals surface area contributed by atoms with E-state index in [1.54, 1.807) is 25.1 Å². The Morgan fingerprint density at radius 1 is 1.32 bits per heavy atom. The second kappa shape index (κ2) is 7.53. The van der Waals surface area contributed by atoms with Crippen LogP contribution in [-0.4, -0.2) is 31.6 Å². The molecule has 1 aliphatic rings. The van der Waals surface area contributed by atoms with Gasteiger partial charge in [0.05, 0.1) is 0 Å². The maximum atomic E-state index is 12.2. The van der Waals surface area contributed by atoms with Gasteiger partial charge < -0.3 is 15.4 Å². The molecular weight excluding hydrogens is 323 g/mol. The van der Waals surface area contributed by atoms with Gasteiger partial charge in [0.1, 0.15) is 5.75 Å². The highest BCUT2D eigenvalue weighted by molar-refractivity contribution is 6.34. The lowest BCUT2D eigenvalue weighted by atomic mass is 9.81. The number of benzene rings is 1. The molecule has 1 aliphatic heterocycles. The van der Waals surface area contributed by atoms with Crippen molar-refractivity contribution in [1.82, 2.24) is 10.6 Å². The summed E-state index contributed by atoms with van der Waals surface area (Å²) >= 11 is 11.8. The number of halogens is 2. The zero-order valence-electron chi connectivity index (χ0n) is 12.9. The Morgan fingerprint density at radius 3 is 2.50 bits per heavy atom. The molecule has 1 atom stereocenters. The molecule has 1 saturated heterocycles. The van der Waals surface area contributed by atoms with E-state index < -0.39 is 6.10 Å². The lowest BCUT2D eigenvalue weighted by molar-refractivity contribution is -0.127. The smallest absolute Gasteiger partial charge is 0.260 e. The highest BCUT2D eigenvalue weighted by Gasteiger charge is 2.28. The minimum absolute atomic E-state index is 0.129. The van der Waals surface area contributed by atoms with Crippen LogP contribution in [0.1, 0.15) is 26.7 Å². The maximum absolute atomic E-state index is 12.2. The highest BCUT2D eigenvalue weighted by Crippen LogP contribution is 2.27. The number of carbonyl (C=O) groups is 1. The van der Waals surface area contributed by atoms with E-state index in [0.29, 0.717) is 22.3 Å². The van der Waals surface area contributed by atoms with Crippen molar-refractivity contribution in [2.75, 3.05) is 19.6 Å². The molecule has 1 unspecified atom stereocenters. The van der Waals surface area contributed by atoms with Crippen LogP contribution in [0.4, 0.5) is 0 Å². The van der Waals surface area contributed by atoms with Crippen molar-refractivity contribution < 1.29 is 9.53 Å². The van der Waals surface area contributed by atoms with Crippen LogP contribution in [0.2, 0.25) is 10.0 Å². The molecular formula is C16H22Cl2N2O2. The largest absolute Gasteiger partial charge is 0.481 e. The van der Waals surface area contributed by atoms with Crippen molar-refractivity contribution in [3.8, 4) is 5.75 Å². The maximum Gasteiger partial charge on any atom is 0.260 e. The van der Waals surface area contributed by atoms with E-state index in [0.717, 1.165) is 25.9 Å². The quantitative estimate of drug-likeness (QED) is 0.861. The molecule has 0 aliphatic carbocycles. The summed E-state index contributed by atoms with van der Waals surface area (Å²) in [6, 6.07) is 4.91. The Balaban J connectivity index is 1.86. The molecule has 1 fully saturated rings. The van der Waals surface area contributed by atoms with E-state index in [1.165, 1.54) is 0 Å². The van der Waals surface area contributed by atoms with Gasteiger partial charge in [-0.3, -0.25) is 4.79 Å². The van der Waals surface area contributed by atoms with Crippen molar-refractivity contribution >= 4 is 29.1 Å². The Labute approximate surface area is 141 Å². The molecule has 22 heavy (non-hydrogen) atoms. The summed E-state index contributed by atoms with van der Waals surface area (Å²) in [5, 5.41) is 7.28.